The minimum absolute atomic E-state index is 0.611. The molecule has 1 aromatic carbocycles. The number of hydrogen-bond acceptors (Lipinski definition) is 1. The van der Waals surface area contributed by atoms with Gasteiger partial charge >= 0.3 is 0 Å². The zero-order valence-electron chi connectivity index (χ0n) is 7.96. The van der Waals surface area contributed by atoms with Crippen molar-refractivity contribution in [2.75, 3.05) is 6.54 Å². The van der Waals surface area contributed by atoms with Gasteiger partial charge in [-0.1, -0.05) is 37.3 Å². The summed E-state index contributed by atoms with van der Waals surface area (Å²) >= 11 is 0. The van der Waals surface area contributed by atoms with Gasteiger partial charge < -0.3 is 5.73 Å². The number of rotatable bonds is 1. The van der Waals surface area contributed by atoms with E-state index >= 15 is 0 Å². The lowest BCUT2D eigenvalue weighted by Gasteiger charge is -2.16. The van der Waals surface area contributed by atoms with Crippen LogP contribution in [0.4, 0.5) is 0 Å². The lowest BCUT2D eigenvalue weighted by molar-refractivity contribution is 0.754. The molecule has 0 spiro atoms. The van der Waals surface area contributed by atoms with Crippen LogP contribution in [0.5, 0.6) is 0 Å². The van der Waals surface area contributed by atoms with Crippen LogP contribution in [-0.2, 0) is 0 Å². The second-order valence-corrected chi connectivity index (χ2v) is 3.66. The van der Waals surface area contributed by atoms with Crippen molar-refractivity contribution in [3.63, 3.8) is 0 Å². The summed E-state index contributed by atoms with van der Waals surface area (Å²) < 4.78 is 0. The predicted octanol–water partition coefficient (Wildman–Crippen LogP) is 0.616. The van der Waals surface area contributed by atoms with Crippen molar-refractivity contribution in [3.05, 3.63) is 34.7 Å². The molecule has 13 heavy (non-hydrogen) atoms. The molecule has 1 aliphatic carbocycles. The standard InChI is InChI=1S/C12H15N/c1-9-6-7-10-4-2-3-5-11(10)12(9)8-13/h2-5,7,9H,6,8,13H2,1H3. The van der Waals surface area contributed by atoms with Gasteiger partial charge in [-0.25, -0.2) is 0 Å². The maximum absolute atomic E-state index is 5.76. The molecule has 2 rings (SSSR count). The van der Waals surface area contributed by atoms with Crippen LogP contribution >= 0.6 is 0 Å². The summed E-state index contributed by atoms with van der Waals surface area (Å²) in [5.41, 5.74) is 7.16. The SMILES string of the molecule is CC1CC=c2ccccc2=C1CN. The van der Waals surface area contributed by atoms with Crippen LogP contribution < -0.4 is 16.2 Å². The van der Waals surface area contributed by atoms with Crippen molar-refractivity contribution in [2.45, 2.75) is 13.3 Å². The molecule has 1 aliphatic rings. The highest BCUT2D eigenvalue weighted by Gasteiger charge is 2.10. The van der Waals surface area contributed by atoms with Crippen molar-refractivity contribution in [2.24, 2.45) is 11.7 Å². The number of hydrogen-bond donors (Lipinski definition) is 1. The number of fused-ring (bicyclic) bond motifs is 1. The van der Waals surface area contributed by atoms with E-state index in [-0.39, 0.29) is 0 Å². The van der Waals surface area contributed by atoms with Crippen LogP contribution in [0.3, 0.4) is 0 Å². The predicted molar refractivity (Wildman–Crippen MR) is 56.4 cm³/mol. The monoisotopic (exact) mass is 173 g/mol. The van der Waals surface area contributed by atoms with Crippen molar-refractivity contribution < 1.29 is 0 Å². The summed E-state index contributed by atoms with van der Waals surface area (Å²) in [7, 11) is 0. The molecule has 0 aliphatic heterocycles. The third kappa shape index (κ3) is 1.40. The maximum Gasteiger partial charge on any atom is 0.0148 e. The van der Waals surface area contributed by atoms with Gasteiger partial charge in [-0.05, 0) is 28.3 Å². The Labute approximate surface area is 78.6 Å². The zero-order valence-corrected chi connectivity index (χ0v) is 7.96. The van der Waals surface area contributed by atoms with Gasteiger partial charge in [0.15, 0.2) is 0 Å². The lowest BCUT2D eigenvalue weighted by atomic mass is 9.90. The van der Waals surface area contributed by atoms with Gasteiger partial charge in [0, 0.05) is 6.54 Å². The van der Waals surface area contributed by atoms with Crippen molar-refractivity contribution in [1.29, 1.82) is 0 Å². The molecule has 1 aromatic rings. The topological polar surface area (TPSA) is 26.0 Å². The van der Waals surface area contributed by atoms with Crippen LogP contribution in [0.25, 0.3) is 11.6 Å². The van der Waals surface area contributed by atoms with Gasteiger partial charge in [-0.3, -0.25) is 0 Å². The molecule has 1 heteroatoms. The quantitative estimate of drug-likeness (QED) is 0.662. The minimum atomic E-state index is 0.611. The van der Waals surface area contributed by atoms with Gasteiger partial charge in [0.2, 0.25) is 0 Å². The normalized spacial score (nSPS) is 20.8. The Hall–Kier alpha value is -1.08. The highest BCUT2D eigenvalue weighted by Crippen LogP contribution is 2.15. The Morgan fingerprint density at radius 3 is 2.92 bits per heavy atom. The van der Waals surface area contributed by atoms with E-state index < -0.39 is 0 Å². The van der Waals surface area contributed by atoms with Crippen LogP contribution in [0, 0.1) is 5.92 Å². The lowest BCUT2D eigenvalue weighted by Crippen LogP contribution is -2.34. The Bertz CT molecular complexity index is 417. The molecule has 0 amide bonds. The smallest absolute Gasteiger partial charge is 0.0148 e. The highest BCUT2D eigenvalue weighted by molar-refractivity contribution is 5.54. The molecule has 0 saturated heterocycles. The van der Waals surface area contributed by atoms with E-state index in [1.807, 2.05) is 0 Å². The third-order valence-corrected chi connectivity index (χ3v) is 2.81. The van der Waals surface area contributed by atoms with Gasteiger partial charge in [0.1, 0.15) is 0 Å². The fourth-order valence-electron chi connectivity index (χ4n) is 1.99. The summed E-state index contributed by atoms with van der Waals surface area (Å²) in [6.45, 7) is 2.93. The first kappa shape index (κ1) is 8.52. The van der Waals surface area contributed by atoms with Crippen molar-refractivity contribution >= 4 is 11.6 Å². The zero-order chi connectivity index (χ0) is 9.26. The van der Waals surface area contributed by atoms with E-state index in [0.29, 0.717) is 12.5 Å². The molecule has 2 N–H and O–H groups in total. The molecule has 0 bridgehead atoms. The molecule has 1 atom stereocenters. The van der Waals surface area contributed by atoms with E-state index in [2.05, 4.69) is 37.3 Å². The maximum atomic E-state index is 5.76. The van der Waals surface area contributed by atoms with Crippen LogP contribution in [0.15, 0.2) is 24.3 Å². The van der Waals surface area contributed by atoms with Crippen LogP contribution in [0.1, 0.15) is 13.3 Å². The highest BCUT2D eigenvalue weighted by atomic mass is 14.5. The van der Waals surface area contributed by atoms with E-state index in [4.69, 9.17) is 5.73 Å². The second-order valence-electron chi connectivity index (χ2n) is 3.66. The number of benzene rings is 1. The fourth-order valence-corrected chi connectivity index (χ4v) is 1.99. The molecule has 0 saturated carbocycles. The van der Waals surface area contributed by atoms with Gasteiger partial charge in [0.25, 0.3) is 0 Å². The number of nitrogens with two attached hydrogens (primary N) is 1. The average Bonchev–Trinajstić information content (AvgIpc) is 2.18. The van der Waals surface area contributed by atoms with Crippen molar-refractivity contribution in [1.82, 2.24) is 0 Å². The van der Waals surface area contributed by atoms with Gasteiger partial charge in [-0.15, -0.1) is 0 Å². The molecule has 0 heterocycles. The second kappa shape index (κ2) is 3.35. The summed E-state index contributed by atoms with van der Waals surface area (Å²) in [5.74, 6) is 0.611. The van der Waals surface area contributed by atoms with E-state index in [0.717, 1.165) is 6.42 Å². The molecule has 68 valence electrons. The molecular weight excluding hydrogens is 158 g/mol. The third-order valence-electron chi connectivity index (χ3n) is 2.81. The molecule has 0 fully saturated rings. The largest absolute Gasteiger partial charge is 0.327 e. The Balaban J connectivity index is 2.78. The Morgan fingerprint density at radius 1 is 1.38 bits per heavy atom. The minimum Gasteiger partial charge on any atom is -0.327 e. The average molecular weight is 173 g/mol. The Kier molecular flexibility index (Phi) is 2.19. The molecule has 0 aromatic heterocycles. The first-order valence-corrected chi connectivity index (χ1v) is 4.81. The van der Waals surface area contributed by atoms with Crippen LogP contribution in [0.2, 0.25) is 0 Å². The summed E-state index contributed by atoms with van der Waals surface area (Å²) in [6.07, 6.45) is 3.43. The molecule has 1 unspecified atom stereocenters. The summed E-state index contributed by atoms with van der Waals surface area (Å²) in [6, 6.07) is 8.50. The van der Waals surface area contributed by atoms with Gasteiger partial charge in [-0.2, -0.15) is 0 Å². The molecule has 1 nitrogen and oxygen atoms in total. The van der Waals surface area contributed by atoms with Gasteiger partial charge in [0.05, 0.1) is 0 Å². The van der Waals surface area contributed by atoms with E-state index in [1.54, 1.807) is 0 Å². The first-order valence-electron chi connectivity index (χ1n) is 4.81. The fraction of sp³-hybridized carbons (Fsp3) is 0.333. The Morgan fingerprint density at radius 2 is 2.15 bits per heavy atom. The summed E-state index contributed by atoms with van der Waals surface area (Å²) in [4.78, 5) is 0. The molecular formula is C12H15N. The van der Waals surface area contributed by atoms with Crippen LogP contribution in [-0.4, -0.2) is 6.54 Å². The van der Waals surface area contributed by atoms with E-state index in [1.165, 1.54) is 16.0 Å². The first-order chi connectivity index (χ1) is 6.33. The molecule has 0 radical (unpaired) electrons. The summed E-state index contributed by atoms with van der Waals surface area (Å²) in [5, 5.41) is 2.70. The van der Waals surface area contributed by atoms with Crippen molar-refractivity contribution in [3.8, 4) is 0 Å². The van der Waals surface area contributed by atoms with E-state index in [9.17, 15) is 0 Å².